The van der Waals surface area contributed by atoms with Crippen LogP contribution in [0.3, 0.4) is 0 Å². The second-order valence-corrected chi connectivity index (χ2v) is 9.29. The Morgan fingerprint density at radius 3 is 2.41 bits per heavy atom. The number of nitrogens with zero attached hydrogens (tertiary/aromatic N) is 1. The van der Waals surface area contributed by atoms with E-state index in [1.54, 1.807) is 18.2 Å². The lowest BCUT2D eigenvalue weighted by Crippen LogP contribution is -2.28. The van der Waals surface area contributed by atoms with Crippen molar-refractivity contribution in [2.45, 2.75) is 63.2 Å². The van der Waals surface area contributed by atoms with Crippen LogP contribution in [0.5, 0.6) is 5.75 Å². The summed E-state index contributed by atoms with van der Waals surface area (Å²) in [6.07, 6.45) is 8.09. The fourth-order valence-electron chi connectivity index (χ4n) is 3.92. The first kappa shape index (κ1) is 20.1. The van der Waals surface area contributed by atoms with Gasteiger partial charge >= 0.3 is 0 Å². The fraction of sp³-hybridized carbons (Fsp3) is 0.650. The van der Waals surface area contributed by atoms with Crippen molar-refractivity contribution in [1.82, 2.24) is 4.31 Å². The van der Waals surface area contributed by atoms with E-state index in [0.29, 0.717) is 31.1 Å². The Bertz CT molecular complexity index is 749. The van der Waals surface area contributed by atoms with Gasteiger partial charge in [-0.15, -0.1) is 0 Å². The molecule has 0 bridgehead atoms. The van der Waals surface area contributed by atoms with Gasteiger partial charge in [0.15, 0.2) is 0 Å². The maximum atomic E-state index is 13.0. The van der Waals surface area contributed by atoms with E-state index in [2.05, 4.69) is 5.32 Å². The Kier molecular flexibility index (Phi) is 6.76. The summed E-state index contributed by atoms with van der Waals surface area (Å²) in [5.74, 6) is 0.347. The lowest BCUT2D eigenvalue weighted by Gasteiger charge is -2.20. The number of hydrogen-bond donors (Lipinski definition) is 1. The second kappa shape index (κ2) is 9.06. The summed E-state index contributed by atoms with van der Waals surface area (Å²) < 4.78 is 33.2. The molecule has 0 atom stereocenters. The molecule has 150 valence electrons. The number of ether oxygens (including phenoxy) is 1. The third-order valence-corrected chi connectivity index (χ3v) is 7.34. The Balaban J connectivity index is 1.83. The molecule has 2 aliphatic rings. The molecule has 1 aliphatic heterocycles. The van der Waals surface area contributed by atoms with Gasteiger partial charge in [-0.05, 0) is 50.8 Å². The molecule has 27 heavy (non-hydrogen) atoms. The maximum absolute atomic E-state index is 13.0. The number of sulfonamides is 1. The Morgan fingerprint density at radius 1 is 1.11 bits per heavy atom. The van der Waals surface area contributed by atoms with E-state index in [0.717, 1.165) is 38.5 Å². The van der Waals surface area contributed by atoms with Gasteiger partial charge in [-0.3, -0.25) is 4.79 Å². The smallest absolute Gasteiger partial charge is 0.246 e. The van der Waals surface area contributed by atoms with Crippen molar-refractivity contribution in [2.24, 2.45) is 5.92 Å². The zero-order valence-corrected chi connectivity index (χ0v) is 16.9. The molecular formula is C20H30N2O4S. The first-order valence-corrected chi connectivity index (χ1v) is 11.5. The molecule has 1 aromatic rings. The molecule has 0 aromatic heterocycles. The molecule has 1 aliphatic carbocycles. The number of rotatable bonds is 6. The van der Waals surface area contributed by atoms with Crippen LogP contribution in [0.2, 0.25) is 0 Å². The largest absolute Gasteiger partial charge is 0.492 e. The fourth-order valence-corrected chi connectivity index (χ4v) is 5.59. The van der Waals surface area contributed by atoms with E-state index in [1.165, 1.54) is 17.1 Å². The Labute approximate surface area is 162 Å². The Morgan fingerprint density at radius 2 is 1.78 bits per heavy atom. The van der Waals surface area contributed by atoms with Crippen molar-refractivity contribution in [3.8, 4) is 5.75 Å². The predicted octanol–water partition coefficient (Wildman–Crippen LogP) is 3.78. The Hall–Kier alpha value is -1.60. The molecule has 1 amide bonds. The molecule has 3 rings (SSSR count). The van der Waals surface area contributed by atoms with Crippen LogP contribution in [0.1, 0.15) is 58.3 Å². The summed E-state index contributed by atoms with van der Waals surface area (Å²) >= 11 is 0. The summed E-state index contributed by atoms with van der Waals surface area (Å²) in [6, 6.07) is 4.92. The minimum Gasteiger partial charge on any atom is -0.492 e. The SMILES string of the molecule is CCOc1ccc(NC(=O)C2CCCCCC2)cc1S(=O)(=O)N1CCCC1. The zero-order chi connectivity index (χ0) is 19.3. The van der Waals surface area contributed by atoms with Crippen LogP contribution in [-0.2, 0) is 14.8 Å². The topological polar surface area (TPSA) is 75.7 Å². The van der Waals surface area contributed by atoms with Gasteiger partial charge in [0.25, 0.3) is 0 Å². The highest BCUT2D eigenvalue weighted by molar-refractivity contribution is 7.89. The van der Waals surface area contributed by atoms with Crippen LogP contribution in [0.4, 0.5) is 5.69 Å². The second-order valence-electron chi connectivity index (χ2n) is 7.38. The number of benzene rings is 1. The number of carbonyl (C=O) groups is 1. The van der Waals surface area contributed by atoms with Crippen LogP contribution in [0, 0.1) is 5.92 Å². The molecular weight excluding hydrogens is 364 g/mol. The normalized spacial score (nSPS) is 19.6. The average molecular weight is 395 g/mol. The molecule has 1 aromatic carbocycles. The van der Waals surface area contributed by atoms with Crippen molar-refractivity contribution >= 4 is 21.6 Å². The zero-order valence-electron chi connectivity index (χ0n) is 16.1. The molecule has 1 saturated carbocycles. The van der Waals surface area contributed by atoms with Crippen molar-refractivity contribution in [2.75, 3.05) is 25.0 Å². The molecule has 0 unspecified atom stereocenters. The van der Waals surface area contributed by atoms with E-state index in [-0.39, 0.29) is 16.7 Å². The molecule has 1 N–H and O–H groups in total. The predicted molar refractivity (Wildman–Crippen MR) is 105 cm³/mol. The van der Waals surface area contributed by atoms with Crippen LogP contribution < -0.4 is 10.1 Å². The van der Waals surface area contributed by atoms with E-state index < -0.39 is 10.0 Å². The van der Waals surface area contributed by atoms with Gasteiger partial charge in [0.2, 0.25) is 15.9 Å². The standard InChI is InChI=1S/C20H30N2O4S/c1-2-26-18-12-11-17(21-20(23)16-9-5-3-4-6-10-16)15-19(18)27(24,25)22-13-7-8-14-22/h11-12,15-16H,2-10,13-14H2,1H3,(H,21,23). The highest BCUT2D eigenvalue weighted by atomic mass is 32.2. The number of anilines is 1. The number of hydrogen-bond acceptors (Lipinski definition) is 4. The maximum Gasteiger partial charge on any atom is 0.246 e. The molecule has 0 radical (unpaired) electrons. The summed E-state index contributed by atoms with van der Waals surface area (Å²) in [6.45, 7) is 3.28. The lowest BCUT2D eigenvalue weighted by atomic mass is 9.99. The monoisotopic (exact) mass is 394 g/mol. The van der Waals surface area contributed by atoms with Crippen LogP contribution in [0.25, 0.3) is 0 Å². The van der Waals surface area contributed by atoms with Gasteiger partial charge in [0.05, 0.1) is 6.61 Å². The summed E-state index contributed by atoms with van der Waals surface area (Å²) in [5.41, 5.74) is 0.519. The molecule has 1 heterocycles. The lowest BCUT2D eigenvalue weighted by molar-refractivity contribution is -0.120. The third-order valence-electron chi connectivity index (χ3n) is 5.42. The van der Waals surface area contributed by atoms with Crippen molar-refractivity contribution in [3.63, 3.8) is 0 Å². The van der Waals surface area contributed by atoms with Crippen molar-refractivity contribution < 1.29 is 17.9 Å². The van der Waals surface area contributed by atoms with Crippen molar-refractivity contribution in [3.05, 3.63) is 18.2 Å². The van der Waals surface area contributed by atoms with E-state index in [1.807, 2.05) is 6.92 Å². The number of nitrogens with one attached hydrogen (secondary N) is 1. The minimum absolute atomic E-state index is 0.00872. The molecule has 2 fully saturated rings. The van der Waals surface area contributed by atoms with Gasteiger partial charge in [-0.2, -0.15) is 4.31 Å². The summed E-state index contributed by atoms with van der Waals surface area (Å²) in [7, 11) is -3.62. The van der Waals surface area contributed by atoms with E-state index in [9.17, 15) is 13.2 Å². The van der Waals surface area contributed by atoms with Gasteiger partial charge < -0.3 is 10.1 Å². The minimum atomic E-state index is -3.62. The first-order valence-electron chi connectivity index (χ1n) is 10.1. The first-order chi connectivity index (χ1) is 13.0. The highest BCUT2D eigenvalue weighted by Gasteiger charge is 2.30. The summed E-state index contributed by atoms with van der Waals surface area (Å²) in [4.78, 5) is 12.8. The highest BCUT2D eigenvalue weighted by Crippen LogP contribution is 2.32. The summed E-state index contributed by atoms with van der Waals surface area (Å²) in [5, 5.41) is 2.93. The van der Waals surface area contributed by atoms with Crippen LogP contribution in [-0.4, -0.2) is 38.3 Å². The van der Waals surface area contributed by atoms with Crippen LogP contribution >= 0.6 is 0 Å². The third kappa shape index (κ3) is 4.82. The van der Waals surface area contributed by atoms with Gasteiger partial charge in [-0.1, -0.05) is 25.7 Å². The van der Waals surface area contributed by atoms with E-state index >= 15 is 0 Å². The molecule has 1 saturated heterocycles. The van der Waals surface area contributed by atoms with Gasteiger partial charge in [0, 0.05) is 24.7 Å². The number of amides is 1. The van der Waals surface area contributed by atoms with Gasteiger partial charge in [-0.25, -0.2) is 8.42 Å². The average Bonchev–Trinajstić information content (AvgIpc) is 3.07. The van der Waals surface area contributed by atoms with Gasteiger partial charge in [0.1, 0.15) is 10.6 Å². The quantitative estimate of drug-likeness (QED) is 0.745. The molecule has 6 nitrogen and oxygen atoms in total. The molecule has 0 spiro atoms. The van der Waals surface area contributed by atoms with E-state index in [4.69, 9.17) is 4.74 Å². The number of carbonyl (C=O) groups excluding carboxylic acids is 1. The van der Waals surface area contributed by atoms with Crippen molar-refractivity contribution in [1.29, 1.82) is 0 Å². The van der Waals surface area contributed by atoms with Crippen LogP contribution in [0.15, 0.2) is 23.1 Å². The molecule has 7 heteroatoms.